The largest absolute Gasteiger partial charge is 0.444 e. The molecule has 0 bridgehead atoms. The van der Waals surface area contributed by atoms with E-state index in [1.54, 1.807) is 33.8 Å². The molecule has 3 fully saturated rings. The maximum Gasteiger partial charge on any atom is 0.416 e. The number of benzene rings is 2. The molecule has 2 aromatic rings. The highest BCUT2D eigenvalue weighted by Crippen LogP contribution is 2.47. The van der Waals surface area contributed by atoms with Crippen molar-refractivity contribution >= 4 is 39.5 Å². The van der Waals surface area contributed by atoms with Gasteiger partial charge < -0.3 is 20.3 Å². The second-order valence-corrected chi connectivity index (χ2v) is 17.4. The van der Waals surface area contributed by atoms with Gasteiger partial charge >= 0.3 is 12.3 Å². The molecule has 5 atom stereocenters. The van der Waals surface area contributed by atoms with Gasteiger partial charge in [-0.3, -0.25) is 24.0 Å². The molecule has 0 spiro atoms. The van der Waals surface area contributed by atoms with Crippen molar-refractivity contribution in [2.45, 2.75) is 108 Å². The minimum Gasteiger partial charge on any atom is -0.444 e. The fourth-order valence-electron chi connectivity index (χ4n) is 7.16. The molecule has 288 valence electrons. The molecule has 17 heteroatoms. The zero-order valence-electron chi connectivity index (χ0n) is 29.8. The molecule has 2 aliphatic heterocycles. The van der Waals surface area contributed by atoms with E-state index in [9.17, 15) is 45.2 Å². The number of hydrogen-bond donors (Lipinski definition) is 3. The number of likely N-dealkylation sites (tertiary alicyclic amines) is 1. The molecular formula is C36H43F4N5O7S. The first-order valence-corrected chi connectivity index (χ1v) is 19.1. The number of carbonyl (C=O) groups is 4. The quantitative estimate of drug-likeness (QED) is 0.295. The van der Waals surface area contributed by atoms with Gasteiger partial charge in [-0.25, -0.2) is 17.6 Å². The average Bonchev–Trinajstić information content (AvgIpc) is 3.97. The number of nitrogens with one attached hydrogen (secondary N) is 3. The van der Waals surface area contributed by atoms with E-state index in [1.165, 1.54) is 34.1 Å². The molecule has 12 nitrogen and oxygen atoms in total. The van der Waals surface area contributed by atoms with Crippen molar-refractivity contribution in [1.82, 2.24) is 19.8 Å². The van der Waals surface area contributed by atoms with Crippen LogP contribution in [-0.2, 0) is 48.4 Å². The fourth-order valence-corrected chi connectivity index (χ4v) is 8.53. The van der Waals surface area contributed by atoms with Crippen molar-refractivity contribution < 1.29 is 49.9 Å². The van der Waals surface area contributed by atoms with E-state index in [0.717, 1.165) is 12.1 Å². The van der Waals surface area contributed by atoms with Gasteiger partial charge in [0.1, 0.15) is 29.5 Å². The molecule has 53 heavy (non-hydrogen) atoms. The minimum absolute atomic E-state index is 0.00775. The van der Waals surface area contributed by atoms with Crippen LogP contribution in [-0.4, -0.2) is 77.6 Å². The Hall–Kier alpha value is -4.41. The molecule has 1 unspecified atom stereocenters. The average molecular weight is 766 g/mol. The highest BCUT2D eigenvalue weighted by atomic mass is 32.2. The number of ether oxygens (including phenoxy) is 1. The lowest BCUT2D eigenvalue weighted by molar-refractivity contribution is -0.141. The van der Waals surface area contributed by atoms with E-state index in [0.29, 0.717) is 30.4 Å². The summed E-state index contributed by atoms with van der Waals surface area (Å²) in [6.07, 6.45) is -5.25. The highest BCUT2D eigenvalue weighted by molar-refractivity contribution is 7.91. The number of fused-ring (bicyclic) bond motifs is 1. The maximum absolute atomic E-state index is 14.5. The number of halogens is 4. The monoisotopic (exact) mass is 765 g/mol. The number of amides is 4. The van der Waals surface area contributed by atoms with E-state index < -0.39 is 85.8 Å². The molecule has 1 saturated heterocycles. The van der Waals surface area contributed by atoms with Crippen LogP contribution >= 0.6 is 0 Å². The van der Waals surface area contributed by atoms with E-state index in [2.05, 4.69) is 15.4 Å². The van der Waals surface area contributed by atoms with Crippen molar-refractivity contribution in [2.75, 3.05) is 11.9 Å². The van der Waals surface area contributed by atoms with Gasteiger partial charge in [0.15, 0.2) is 0 Å². The highest BCUT2D eigenvalue weighted by Gasteiger charge is 2.62. The van der Waals surface area contributed by atoms with Crippen LogP contribution in [0, 0.1) is 17.2 Å². The second kappa shape index (κ2) is 13.8. The Morgan fingerprint density at radius 3 is 2.34 bits per heavy atom. The minimum atomic E-state index is -4.64. The molecule has 3 N–H and O–H groups in total. The van der Waals surface area contributed by atoms with Gasteiger partial charge in [-0.1, -0.05) is 52.3 Å². The third-order valence-corrected chi connectivity index (χ3v) is 12.3. The number of nitrogens with zero attached hydrogens (tertiary/aromatic N) is 2. The van der Waals surface area contributed by atoms with Gasteiger partial charge in [0.2, 0.25) is 21.8 Å². The number of alkyl halides is 3. The zero-order chi connectivity index (χ0) is 38.7. The van der Waals surface area contributed by atoms with Crippen molar-refractivity contribution in [3.05, 3.63) is 65.0 Å². The summed E-state index contributed by atoms with van der Waals surface area (Å²) < 4.78 is 88.3. The number of rotatable bonds is 10. The number of sulfonamides is 1. The number of anilines is 1. The summed E-state index contributed by atoms with van der Waals surface area (Å²) >= 11 is 0. The van der Waals surface area contributed by atoms with Crippen LogP contribution in [0.25, 0.3) is 0 Å². The Morgan fingerprint density at radius 1 is 1.04 bits per heavy atom. The summed E-state index contributed by atoms with van der Waals surface area (Å²) in [5.41, 5.74) is -2.44. The molecule has 4 amide bonds. The first-order valence-electron chi connectivity index (χ1n) is 17.6. The maximum atomic E-state index is 14.5. The van der Waals surface area contributed by atoms with Gasteiger partial charge in [0.05, 0.1) is 23.9 Å². The summed E-state index contributed by atoms with van der Waals surface area (Å²) in [6.45, 7) is 6.63. The van der Waals surface area contributed by atoms with Crippen LogP contribution in [0.15, 0.2) is 42.5 Å². The van der Waals surface area contributed by atoms with Gasteiger partial charge in [-0.2, -0.15) is 13.2 Å². The van der Waals surface area contributed by atoms with E-state index in [4.69, 9.17) is 4.74 Å². The van der Waals surface area contributed by atoms with Crippen LogP contribution < -0.4 is 15.4 Å². The van der Waals surface area contributed by atoms with Crippen molar-refractivity contribution in [3.8, 4) is 0 Å². The summed E-state index contributed by atoms with van der Waals surface area (Å²) in [5, 5.41) is 4.96. The Balaban J connectivity index is 1.26. The van der Waals surface area contributed by atoms with Crippen molar-refractivity contribution in [1.29, 1.82) is 0 Å². The molecule has 6 rings (SSSR count). The predicted molar refractivity (Wildman–Crippen MR) is 184 cm³/mol. The fraction of sp³-hybridized carbons (Fsp3) is 0.556. The lowest BCUT2D eigenvalue weighted by Crippen LogP contribution is -2.58. The van der Waals surface area contributed by atoms with Crippen LogP contribution in [0.1, 0.15) is 76.5 Å². The van der Waals surface area contributed by atoms with Gasteiger partial charge in [-0.15, -0.1) is 0 Å². The van der Waals surface area contributed by atoms with Crippen LogP contribution in [0.5, 0.6) is 0 Å². The Labute approximate surface area is 305 Å². The summed E-state index contributed by atoms with van der Waals surface area (Å²) in [4.78, 5) is 57.9. The van der Waals surface area contributed by atoms with Crippen molar-refractivity contribution in [3.63, 3.8) is 0 Å². The van der Waals surface area contributed by atoms with Gasteiger partial charge in [0.25, 0.3) is 5.91 Å². The summed E-state index contributed by atoms with van der Waals surface area (Å²) in [7, 11) is -3.94. The molecule has 2 aromatic carbocycles. The Bertz CT molecular complexity index is 1920. The first kappa shape index (κ1) is 38.3. The second-order valence-electron chi connectivity index (χ2n) is 15.4. The Kier molecular flexibility index (Phi) is 9.96. The lowest BCUT2D eigenvalue weighted by atomic mass is 9.85. The third kappa shape index (κ3) is 7.94. The summed E-state index contributed by atoms with van der Waals surface area (Å²) in [6, 6.07) is 6.36. The number of carbonyl (C=O) groups excluding carboxylic acids is 4. The predicted octanol–water partition coefficient (Wildman–Crippen LogP) is 4.69. The van der Waals surface area contributed by atoms with Gasteiger partial charge in [-0.05, 0) is 60.4 Å². The zero-order valence-corrected chi connectivity index (χ0v) is 30.6. The smallest absolute Gasteiger partial charge is 0.416 e. The molecule has 4 aliphatic rings. The van der Waals surface area contributed by atoms with Crippen LogP contribution in [0.3, 0.4) is 0 Å². The summed E-state index contributed by atoms with van der Waals surface area (Å²) in [5.74, 6) is -3.19. The number of hydrogen-bond acceptors (Lipinski definition) is 8. The van der Waals surface area contributed by atoms with Gasteiger partial charge in [0, 0.05) is 24.2 Å². The molecule has 0 aromatic heterocycles. The van der Waals surface area contributed by atoms with Crippen LogP contribution in [0.4, 0.5) is 28.0 Å². The molecule has 2 aliphatic carbocycles. The first-order chi connectivity index (χ1) is 24.7. The standard InChI is InChI=1S/C36H43F4N5O7S/c1-5-21-16-35(21,32(48)43-53(50,51)25-12-13-25)42-30(46)28-15-24(52-33(49)44-17-20-8-6-11-27(37)26(20)19-44)18-45(28)31(47)29(34(2,3)4)41-23-10-7-9-22(14-23)36(38,39)40/h6-11,14,21,24-25,28-29,41H,5,12-13,15-19H2,1-4H3,(H,42,46)(H,43,48)/t21-,24?,28+,29-,35-/m1/s1. The van der Waals surface area contributed by atoms with Crippen LogP contribution in [0.2, 0.25) is 0 Å². The molecule has 0 radical (unpaired) electrons. The topological polar surface area (TPSA) is 154 Å². The Morgan fingerprint density at radius 2 is 1.74 bits per heavy atom. The molecule has 2 heterocycles. The van der Waals surface area contributed by atoms with Crippen molar-refractivity contribution in [2.24, 2.45) is 11.3 Å². The lowest BCUT2D eigenvalue weighted by Gasteiger charge is -2.36. The normalized spacial score (nSPS) is 24.6. The SMILES string of the molecule is CC[C@@H]1C[C@]1(NC(=O)[C@@H]1CC(OC(=O)N2Cc3cccc(F)c3C2)CN1C(=O)[C@@H](Nc1cccc(C(F)(F)F)c1)C(C)(C)C)C(=O)NS(=O)(=O)C1CC1. The van der Waals surface area contributed by atoms with E-state index in [1.807, 2.05) is 0 Å². The van der Waals surface area contributed by atoms with E-state index >= 15 is 0 Å². The third-order valence-electron chi connectivity index (χ3n) is 10.5. The molecular weight excluding hydrogens is 722 g/mol. The van der Waals surface area contributed by atoms with E-state index in [-0.39, 0.29) is 44.1 Å². The molecule has 2 saturated carbocycles.